The maximum absolute atomic E-state index is 11.3. The third kappa shape index (κ3) is 2.32. The smallest absolute Gasteiger partial charge is 0.220 e. The van der Waals surface area contributed by atoms with Crippen LogP contribution in [0.5, 0.6) is 0 Å². The summed E-state index contributed by atoms with van der Waals surface area (Å²) in [7, 11) is 0. The van der Waals surface area contributed by atoms with Crippen LogP contribution in [0.1, 0.15) is 17.9 Å². The molecule has 0 saturated carbocycles. The lowest BCUT2D eigenvalue weighted by molar-refractivity contribution is -0.119. The van der Waals surface area contributed by atoms with Crippen molar-refractivity contribution >= 4 is 11.6 Å². The Morgan fingerprint density at radius 3 is 2.58 bits per heavy atom. The molecule has 3 rings (SSSR count). The lowest BCUT2D eigenvalue weighted by atomic mass is 9.93. The number of hydrogen-bond donors (Lipinski definition) is 2. The summed E-state index contributed by atoms with van der Waals surface area (Å²) in [6.07, 6.45) is 0.568. The standard InChI is InChI=1S/C16H16N2O/c17-15-7-6-12(13-9-16(19)18-10-13)8-14(15)11-4-2-1-3-5-11/h1-8,13H,9-10,17H2,(H,18,19). The number of carbonyl (C=O) groups excluding carboxylic acids is 1. The van der Waals surface area contributed by atoms with Gasteiger partial charge in [0.05, 0.1) is 0 Å². The van der Waals surface area contributed by atoms with Gasteiger partial charge in [0.2, 0.25) is 5.91 Å². The van der Waals surface area contributed by atoms with Crippen LogP contribution < -0.4 is 11.1 Å². The molecule has 1 aliphatic heterocycles. The number of nitrogens with one attached hydrogen (secondary N) is 1. The van der Waals surface area contributed by atoms with Crippen molar-refractivity contribution in [2.75, 3.05) is 12.3 Å². The molecular formula is C16H16N2O. The monoisotopic (exact) mass is 252 g/mol. The maximum atomic E-state index is 11.3. The average Bonchev–Trinajstić information content (AvgIpc) is 2.87. The molecule has 96 valence electrons. The molecular weight excluding hydrogens is 236 g/mol. The summed E-state index contributed by atoms with van der Waals surface area (Å²) in [6.45, 7) is 0.719. The van der Waals surface area contributed by atoms with Crippen LogP contribution in [0.25, 0.3) is 11.1 Å². The molecule has 1 saturated heterocycles. The number of anilines is 1. The Bertz CT molecular complexity index is 607. The third-order valence-corrected chi connectivity index (χ3v) is 3.61. The second-order valence-electron chi connectivity index (χ2n) is 4.92. The molecule has 1 aliphatic rings. The molecule has 1 fully saturated rings. The molecule has 0 spiro atoms. The summed E-state index contributed by atoms with van der Waals surface area (Å²) in [5.74, 6) is 0.388. The Hall–Kier alpha value is -2.29. The first-order chi connectivity index (χ1) is 9.24. The van der Waals surface area contributed by atoms with E-state index in [4.69, 9.17) is 5.73 Å². The molecule has 3 N–H and O–H groups in total. The fraction of sp³-hybridized carbons (Fsp3) is 0.188. The molecule has 0 bridgehead atoms. The van der Waals surface area contributed by atoms with Crippen LogP contribution in [0.3, 0.4) is 0 Å². The number of rotatable bonds is 2. The second-order valence-corrected chi connectivity index (χ2v) is 4.92. The molecule has 2 aromatic rings. The fourth-order valence-electron chi connectivity index (χ4n) is 2.54. The van der Waals surface area contributed by atoms with Crippen molar-refractivity contribution in [3.8, 4) is 11.1 Å². The highest BCUT2D eigenvalue weighted by Gasteiger charge is 2.23. The molecule has 1 atom stereocenters. The van der Waals surface area contributed by atoms with E-state index >= 15 is 0 Å². The van der Waals surface area contributed by atoms with Crippen LogP contribution in [-0.4, -0.2) is 12.5 Å². The molecule has 3 heteroatoms. The van der Waals surface area contributed by atoms with Gasteiger partial charge in [-0.25, -0.2) is 0 Å². The Kier molecular flexibility index (Phi) is 2.95. The number of hydrogen-bond acceptors (Lipinski definition) is 2. The zero-order valence-electron chi connectivity index (χ0n) is 10.6. The van der Waals surface area contributed by atoms with Crippen molar-refractivity contribution in [2.45, 2.75) is 12.3 Å². The molecule has 2 aromatic carbocycles. The molecule has 0 aliphatic carbocycles. The Labute approximate surface area is 112 Å². The minimum atomic E-state index is 0.128. The SMILES string of the molecule is Nc1ccc(C2CNC(=O)C2)cc1-c1ccccc1. The summed E-state index contributed by atoms with van der Waals surface area (Å²) in [5.41, 5.74) is 10.2. The largest absolute Gasteiger partial charge is 0.398 e. The van der Waals surface area contributed by atoms with Gasteiger partial charge in [0.15, 0.2) is 0 Å². The Morgan fingerprint density at radius 2 is 1.89 bits per heavy atom. The Morgan fingerprint density at radius 1 is 1.11 bits per heavy atom. The van der Waals surface area contributed by atoms with E-state index in [1.807, 2.05) is 42.5 Å². The summed E-state index contributed by atoms with van der Waals surface area (Å²) >= 11 is 0. The second kappa shape index (κ2) is 4.76. The number of nitrogen functional groups attached to an aromatic ring is 1. The first-order valence-corrected chi connectivity index (χ1v) is 6.45. The first kappa shape index (κ1) is 11.8. The van der Waals surface area contributed by atoms with Crippen molar-refractivity contribution in [2.24, 2.45) is 0 Å². The van der Waals surface area contributed by atoms with E-state index in [9.17, 15) is 4.79 Å². The highest BCUT2D eigenvalue weighted by molar-refractivity contribution is 5.81. The minimum Gasteiger partial charge on any atom is -0.398 e. The van der Waals surface area contributed by atoms with Crippen LogP contribution in [0.15, 0.2) is 48.5 Å². The van der Waals surface area contributed by atoms with Gasteiger partial charge in [-0.2, -0.15) is 0 Å². The maximum Gasteiger partial charge on any atom is 0.220 e. The molecule has 0 radical (unpaired) electrons. The normalized spacial score (nSPS) is 18.3. The quantitative estimate of drug-likeness (QED) is 0.807. The van der Waals surface area contributed by atoms with E-state index in [1.165, 1.54) is 5.56 Å². The van der Waals surface area contributed by atoms with Gasteiger partial charge >= 0.3 is 0 Å². The van der Waals surface area contributed by atoms with Gasteiger partial charge in [0, 0.05) is 30.1 Å². The lowest BCUT2D eigenvalue weighted by Crippen LogP contribution is -2.13. The van der Waals surface area contributed by atoms with Crippen LogP contribution >= 0.6 is 0 Å². The lowest BCUT2D eigenvalue weighted by Gasteiger charge is -2.12. The predicted octanol–water partition coefficient (Wildman–Crippen LogP) is 2.54. The molecule has 19 heavy (non-hydrogen) atoms. The third-order valence-electron chi connectivity index (χ3n) is 3.61. The van der Waals surface area contributed by atoms with Gasteiger partial charge in [0.1, 0.15) is 0 Å². The minimum absolute atomic E-state index is 0.128. The van der Waals surface area contributed by atoms with E-state index < -0.39 is 0 Å². The van der Waals surface area contributed by atoms with Gasteiger partial charge in [-0.3, -0.25) is 4.79 Å². The van der Waals surface area contributed by atoms with E-state index in [0.717, 1.165) is 23.4 Å². The van der Waals surface area contributed by atoms with E-state index in [0.29, 0.717) is 6.42 Å². The van der Waals surface area contributed by atoms with Gasteiger partial charge in [-0.05, 0) is 23.3 Å². The molecule has 1 unspecified atom stereocenters. The van der Waals surface area contributed by atoms with E-state index in [2.05, 4.69) is 11.4 Å². The fourth-order valence-corrected chi connectivity index (χ4v) is 2.54. The van der Waals surface area contributed by atoms with Crippen molar-refractivity contribution in [1.29, 1.82) is 0 Å². The van der Waals surface area contributed by atoms with Gasteiger partial charge in [-0.1, -0.05) is 36.4 Å². The molecule has 3 nitrogen and oxygen atoms in total. The van der Waals surface area contributed by atoms with Crippen LogP contribution in [0.4, 0.5) is 5.69 Å². The Balaban J connectivity index is 1.99. The van der Waals surface area contributed by atoms with Crippen molar-refractivity contribution in [1.82, 2.24) is 5.32 Å². The summed E-state index contributed by atoms with van der Waals surface area (Å²) in [4.78, 5) is 11.3. The van der Waals surface area contributed by atoms with Crippen molar-refractivity contribution in [3.05, 3.63) is 54.1 Å². The van der Waals surface area contributed by atoms with E-state index in [1.54, 1.807) is 0 Å². The zero-order valence-corrected chi connectivity index (χ0v) is 10.6. The van der Waals surface area contributed by atoms with Crippen LogP contribution in [-0.2, 0) is 4.79 Å². The van der Waals surface area contributed by atoms with Crippen molar-refractivity contribution in [3.63, 3.8) is 0 Å². The van der Waals surface area contributed by atoms with Gasteiger partial charge in [-0.15, -0.1) is 0 Å². The number of benzene rings is 2. The van der Waals surface area contributed by atoms with Gasteiger partial charge < -0.3 is 11.1 Å². The zero-order chi connectivity index (χ0) is 13.2. The number of amides is 1. The molecule has 1 heterocycles. The van der Waals surface area contributed by atoms with Crippen LogP contribution in [0, 0.1) is 0 Å². The topological polar surface area (TPSA) is 55.1 Å². The predicted molar refractivity (Wildman–Crippen MR) is 76.7 cm³/mol. The van der Waals surface area contributed by atoms with E-state index in [-0.39, 0.29) is 11.8 Å². The first-order valence-electron chi connectivity index (χ1n) is 6.45. The number of carbonyl (C=O) groups is 1. The summed E-state index contributed by atoms with van der Waals surface area (Å²) < 4.78 is 0. The highest BCUT2D eigenvalue weighted by atomic mass is 16.1. The molecule has 0 aromatic heterocycles. The van der Waals surface area contributed by atoms with Gasteiger partial charge in [0.25, 0.3) is 0 Å². The summed E-state index contributed by atoms with van der Waals surface area (Å²) in [5, 5.41) is 2.87. The molecule has 1 amide bonds. The average molecular weight is 252 g/mol. The van der Waals surface area contributed by atoms with Crippen molar-refractivity contribution < 1.29 is 4.79 Å². The summed E-state index contributed by atoms with van der Waals surface area (Å²) in [6, 6.07) is 16.1. The number of nitrogens with two attached hydrogens (primary N) is 1. The van der Waals surface area contributed by atoms with Crippen LogP contribution in [0.2, 0.25) is 0 Å². The highest BCUT2D eigenvalue weighted by Crippen LogP contribution is 2.31.